The van der Waals surface area contributed by atoms with E-state index in [0.717, 1.165) is 11.1 Å². The average Bonchev–Trinajstić information content (AvgIpc) is 2.85. The van der Waals surface area contributed by atoms with Gasteiger partial charge < -0.3 is 10.4 Å². The first-order chi connectivity index (χ1) is 16.3. The van der Waals surface area contributed by atoms with Crippen LogP contribution in [-0.4, -0.2) is 36.4 Å². The van der Waals surface area contributed by atoms with Crippen molar-refractivity contribution in [2.75, 3.05) is 6.61 Å². The summed E-state index contributed by atoms with van der Waals surface area (Å²) in [6, 6.07) is 21.6. The van der Waals surface area contributed by atoms with Gasteiger partial charge in [0.05, 0.1) is 17.5 Å². The molecule has 0 aliphatic rings. The normalized spacial score (nSPS) is 13.4. The Labute approximate surface area is 206 Å². The van der Waals surface area contributed by atoms with E-state index in [1.54, 1.807) is 73.7 Å². The van der Waals surface area contributed by atoms with Gasteiger partial charge in [0.2, 0.25) is 10.0 Å². The molecule has 8 heteroatoms. The van der Waals surface area contributed by atoms with Gasteiger partial charge in [-0.3, -0.25) is 4.79 Å². The van der Waals surface area contributed by atoms with Gasteiger partial charge in [-0.1, -0.05) is 61.0 Å². The third-order valence-corrected chi connectivity index (χ3v) is 7.67. The molecule has 0 spiro atoms. The molecule has 0 unspecified atom stereocenters. The Kier molecular flexibility index (Phi) is 8.85. The number of rotatable bonds is 10. The molecule has 0 saturated heterocycles. The molecule has 0 fully saturated rings. The Bertz CT molecular complexity index is 1180. The number of aliphatic hydroxyl groups excluding tert-OH is 1. The fraction of sp³-hybridized carbons (Fsp3) is 0.269. The minimum atomic E-state index is -3.82. The van der Waals surface area contributed by atoms with E-state index in [0.29, 0.717) is 17.0 Å². The zero-order valence-electron chi connectivity index (χ0n) is 19.2. The first-order valence-electron chi connectivity index (χ1n) is 11.1. The summed E-state index contributed by atoms with van der Waals surface area (Å²) in [5, 5.41) is 12.4. The summed E-state index contributed by atoms with van der Waals surface area (Å²) in [6.45, 7) is 3.63. The number of sulfonamides is 1. The molecule has 180 valence electrons. The topological polar surface area (TPSA) is 86.7 Å². The summed E-state index contributed by atoms with van der Waals surface area (Å²) in [5.41, 5.74) is 2.03. The van der Waals surface area contributed by atoms with Crippen molar-refractivity contribution in [3.63, 3.8) is 0 Å². The van der Waals surface area contributed by atoms with E-state index < -0.39 is 16.1 Å². The number of nitrogens with zero attached hydrogens (tertiary/aromatic N) is 1. The number of carbonyl (C=O) groups excluding carboxylic acids is 1. The Morgan fingerprint density at radius 2 is 1.62 bits per heavy atom. The van der Waals surface area contributed by atoms with Gasteiger partial charge in [-0.15, -0.1) is 0 Å². The van der Waals surface area contributed by atoms with Crippen molar-refractivity contribution in [1.82, 2.24) is 9.62 Å². The summed E-state index contributed by atoms with van der Waals surface area (Å²) >= 11 is 6.06. The second-order valence-corrected chi connectivity index (χ2v) is 10.4. The zero-order chi connectivity index (χ0) is 24.7. The van der Waals surface area contributed by atoms with E-state index in [1.807, 2.05) is 19.1 Å². The smallest absolute Gasteiger partial charge is 0.251 e. The number of hydrogen-bond acceptors (Lipinski definition) is 4. The van der Waals surface area contributed by atoms with Crippen LogP contribution >= 0.6 is 11.6 Å². The highest BCUT2D eigenvalue weighted by atomic mass is 35.5. The predicted molar refractivity (Wildman–Crippen MR) is 134 cm³/mol. The highest BCUT2D eigenvalue weighted by Gasteiger charge is 2.31. The van der Waals surface area contributed by atoms with Crippen molar-refractivity contribution in [1.29, 1.82) is 0 Å². The van der Waals surface area contributed by atoms with Crippen LogP contribution in [0.1, 0.15) is 47.8 Å². The predicted octanol–water partition coefficient (Wildman–Crippen LogP) is 4.79. The van der Waals surface area contributed by atoms with Crippen molar-refractivity contribution in [2.24, 2.45) is 0 Å². The van der Waals surface area contributed by atoms with Gasteiger partial charge in [-0.2, -0.15) is 4.31 Å². The second kappa shape index (κ2) is 11.6. The summed E-state index contributed by atoms with van der Waals surface area (Å²) in [4.78, 5) is 12.5. The molecule has 0 bridgehead atoms. The van der Waals surface area contributed by atoms with E-state index in [1.165, 1.54) is 4.31 Å². The van der Waals surface area contributed by atoms with Crippen LogP contribution in [0.2, 0.25) is 5.02 Å². The number of benzene rings is 3. The first kappa shape index (κ1) is 25.9. The lowest BCUT2D eigenvalue weighted by Crippen LogP contribution is -2.35. The van der Waals surface area contributed by atoms with E-state index in [4.69, 9.17) is 16.7 Å². The quantitative estimate of drug-likeness (QED) is 0.419. The Hall–Kier alpha value is -2.71. The van der Waals surface area contributed by atoms with Gasteiger partial charge in [0, 0.05) is 23.2 Å². The van der Waals surface area contributed by atoms with Gasteiger partial charge in [0.1, 0.15) is 0 Å². The van der Waals surface area contributed by atoms with Crippen molar-refractivity contribution < 1.29 is 18.3 Å². The van der Waals surface area contributed by atoms with Crippen LogP contribution < -0.4 is 5.32 Å². The van der Waals surface area contributed by atoms with E-state index in [2.05, 4.69) is 5.32 Å². The molecular formula is C26H29ClN2O4S. The van der Waals surface area contributed by atoms with Crippen LogP contribution in [0.3, 0.4) is 0 Å². The van der Waals surface area contributed by atoms with Crippen LogP contribution in [0, 0.1) is 0 Å². The van der Waals surface area contributed by atoms with Crippen LogP contribution in [0.4, 0.5) is 0 Å². The van der Waals surface area contributed by atoms with Crippen molar-refractivity contribution in [2.45, 2.75) is 43.8 Å². The number of halogens is 1. The Morgan fingerprint density at radius 3 is 2.18 bits per heavy atom. The van der Waals surface area contributed by atoms with Gasteiger partial charge in [0.25, 0.3) is 5.91 Å². The molecule has 0 saturated carbocycles. The highest BCUT2D eigenvalue weighted by molar-refractivity contribution is 7.89. The summed E-state index contributed by atoms with van der Waals surface area (Å²) < 4.78 is 28.9. The minimum Gasteiger partial charge on any atom is -0.394 e. The second-order valence-electron chi connectivity index (χ2n) is 8.09. The fourth-order valence-electron chi connectivity index (χ4n) is 3.68. The molecule has 3 aromatic rings. The molecule has 0 radical (unpaired) electrons. The summed E-state index contributed by atoms with van der Waals surface area (Å²) in [6.07, 6.45) is 0.563. The van der Waals surface area contributed by atoms with Crippen LogP contribution in [0.5, 0.6) is 0 Å². The van der Waals surface area contributed by atoms with Gasteiger partial charge >= 0.3 is 0 Å². The fourth-order valence-corrected chi connectivity index (χ4v) is 5.50. The molecule has 0 aliphatic heterocycles. The van der Waals surface area contributed by atoms with Gasteiger partial charge in [-0.05, 0) is 60.9 Å². The van der Waals surface area contributed by atoms with Crippen LogP contribution in [0.25, 0.3) is 0 Å². The SMILES string of the molecule is CC[C@@H](c1ccc(Cl)cc1)N(Cc1ccc(C(=O)N[C@H](C)CO)cc1)S(=O)(=O)c1ccccc1. The molecule has 3 rings (SSSR count). The molecule has 6 nitrogen and oxygen atoms in total. The largest absolute Gasteiger partial charge is 0.394 e. The number of amides is 1. The molecule has 3 aromatic carbocycles. The Morgan fingerprint density at radius 1 is 1.00 bits per heavy atom. The van der Waals surface area contributed by atoms with E-state index in [9.17, 15) is 13.2 Å². The molecular weight excluding hydrogens is 472 g/mol. The number of carbonyl (C=O) groups is 1. The molecule has 1 amide bonds. The third kappa shape index (κ3) is 6.24. The van der Waals surface area contributed by atoms with Crippen molar-refractivity contribution in [3.8, 4) is 0 Å². The average molecular weight is 501 g/mol. The first-order valence-corrected chi connectivity index (χ1v) is 12.9. The number of nitrogens with one attached hydrogen (secondary N) is 1. The molecule has 2 N–H and O–H groups in total. The number of aliphatic hydroxyl groups is 1. The highest BCUT2D eigenvalue weighted by Crippen LogP contribution is 2.32. The standard InChI is InChI=1S/C26H29ClN2O4S/c1-3-25(21-13-15-23(27)16-14-21)29(34(32,33)24-7-5-4-6-8-24)17-20-9-11-22(12-10-20)26(31)28-19(2)18-30/h4-16,19,25,30H,3,17-18H2,1-2H3,(H,28,31)/t19-,25+/m1/s1. The maximum Gasteiger partial charge on any atom is 0.251 e. The van der Waals surface area contributed by atoms with Crippen LogP contribution in [-0.2, 0) is 16.6 Å². The third-order valence-electron chi connectivity index (χ3n) is 5.54. The summed E-state index contributed by atoms with van der Waals surface area (Å²) in [7, 11) is -3.82. The molecule has 0 heterocycles. The number of hydrogen-bond donors (Lipinski definition) is 2. The summed E-state index contributed by atoms with van der Waals surface area (Å²) in [5.74, 6) is -0.297. The van der Waals surface area contributed by atoms with E-state index in [-0.39, 0.29) is 30.0 Å². The maximum atomic E-state index is 13.7. The van der Waals surface area contributed by atoms with E-state index >= 15 is 0 Å². The van der Waals surface area contributed by atoms with Crippen molar-refractivity contribution >= 4 is 27.5 Å². The van der Waals surface area contributed by atoms with Gasteiger partial charge in [-0.25, -0.2) is 8.42 Å². The lowest BCUT2D eigenvalue weighted by atomic mass is 10.0. The molecule has 0 aromatic heterocycles. The molecule has 2 atom stereocenters. The molecule has 0 aliphatic carbocycles. The lowest BCUT2D eigenvalue weighted by molar-refractivity contribution is 0.0922. The van der Waals surface area contributed by atoms with Gasteiger partial charge in [0.15, 0.2) is 0 Å². The van der Waals surface area contributed by atoms with Crippen molar-refractivity contribution in [3.05, 3.63) is 101 Å². The maximum absolute atomic E-state index is 13.7. The Balaban J connectivity index is 1.96. The lowest BCUT2D eigenvalue weighted by Gasteiger charge is -2.31. The van der Waals surface area contributed by atoms with Crippen LogP contribution in [0.15, 0.2) is 83.8 Å². The zero-order valence-corrected chi connectivity index (χ0v) is 20.8. The monoisotopic (exact) mass is 500 g/mol. The molecule has 34 heavy (non-hydrogen) atoms. The minimum absolute atomic E-state index is 0.132.